The number of rotatable bonds is 4. The SMILES string of the molecule is CCC(O)C(C)CC1CCCN1. The molecule has 2 heteroatoms. The standard InChI is InChI=1S/C10H21NO/c1-3-10(12)8(2)7-9-5-4-6-11-9/h8-12H,3-7H2,1-2H3. The van der Waals surface area contributed by atoms with Crippen LogP contribution in [0.4, 0.5) is 0 Å². The maximum Gasteiger partial charge on any atom is 0.0563 e. The Labute approximate surface area is 75.4 Å². The van der Waals surface area contributed by atoms with Crippen molar-refractivity contribution in [3.8, 4) is 0 Å². The summed E-state index contributed by atoms with van der Waals surface area (Å²) in [6.07, 6.45) is 4.51. The number of hydrogen-bond acceptors (Lipinski definition) is 2. The molecule has 12 heavy (non-hydrogen) atoms. The van der Waals surface area contributed by atoms with Gasteiger partial charge in [0.25, 0.3) is 0 Å². The second kappa shape index (κ2) is 4.83. The molecule has 0 aromatic carbocycles. The highest BCUT2D eigenvalue weighted by atomic mass is 16.3. The molecule has 1 rings (SSSR count). The van der Waals surface area contributed by atoms with Crippen molar-refractivity contribution in [1.29, 1.82) is 0 Å². The molecule has 0 radical (unpaired) electrons. The summed E-state index contributed by atoms with van der Waals surface area (Å²) in [6.45, 7) is 5.36. The zero-order valence-corrected chi connectivity index (χ0v) is 8.21. The van der Waals surface area contributed by atoms with Gasteiger partial charge in [0.2, 0.25) is 0 Å². The number of hydrogen-bond donors (Lipinski definition) is 2. The Morgan fingerprint density at radius 1 is 1.58 bits per heavy atom. The molecular weight excluding hydrogens is 150 g/mol. The molecular formula is C10H21NO. The predicted molar refractivity (Wildman–Crippen MR) is 51.1 cm³/mol. The van der Waals surface area contributed by atoms with Gasteiger partial charge in [-0.05, 0) is 38.1 Å². The quantitative estimate of drug-likeness (QED) is 0.672. The third-order valence-corrected chi connectivity index (χ3v) is 2.89. The minimum Gasteiger partial charge on any atom is -0.393 e. The summed E-state index contributed by atoms with van der Waals surface area (Å²) in [5.74, 6) is 0.450. The Balaban J connectivity index is 2.19. The topological polar surface area (TPSA) is 32.3 Å². The van der Waals surface area contributed by atoms with Crippen molar-refractivity contribution >= 4 is 0 Å². The number of aliphatic hydroxyl groups excluding tert-OH is 1. The van der Waals surface area contributed by atoms with E-state index >= 15 is 0 Å². The summed E-state index contributed by atoms with van der Waals surface area (Å²) >= 11 is 0. The number of nitrogens with one attached hydrogen (secondary N) is 1. The van der Waals surface area contributed by atoms with E-state index in [1.807, 2.05) is 6.92 Å². The lowest BCUT2D eigenvalue weighted by Gasteiger charge is -2.20. The van der Waals surface area contributed by atoms with E-state index in [4.69, 9.17) is 0 Å². The van der Waals surface area contributed by atoms with Gasteiger partial charge in [-0.3, -0.25) is 0 Å². The molecule has 0 aromatic rings. The van der Waals surface area contributed by atoms with Gasteiger partial charge in [-0.25, -0.2) is 0 Å². The first-order valence-corrected chi connectivity index (χ1v) is 5.15. The van der Waals surface area contributed by atoms with Gasteiger partial charge >= 0.3 is 0 Å². The molecule has 1 saturated heterocycles. The molecule has 0 saturated carbocycles. The zero-order valence-electron chi connectivity index (χ0n) is 8.21. The van der Waals surface area contributed by atoms with E-state index in [9.17, 15) is 5.11 Å². The van der Waals surface area contributed by atoms with E-state index in [1.54, 1.807) is 0 Å². The van der Waals surface area contributed by atoms with Crippen LogP contribution in [-0.4, -0.2) is 23.8 Å². The Morgan fingerprint density at radius 2 is 2.33 bits per heavy atom. The lowest BCUT2D eigenvalue weighted by molar-refractivity contribution is 0.103. The Hall–Kier alpha value is -0.0800. The summed E-state index contributed by atoms with van der Waals surface area (Å²) in [5.41, 5.74) is 0. The third kappa shape index (κ3) is 2.76. The fourth-order valence-corrected chi connectivity index (χ4v) is 1.97. The minimum atomic E-state index is -0.104. The van der Waals surface area contributed by atoms with Gasteiger partial charge in [0.05, 0.1) is 6.10 Å². The van der Waals surface area contributed by atoms with Crippen molar-refractivity contribution in [3.05, 3.63) is 0 Å². The van der Waals surface area contributed by atoms with Crippen LogP contribution >= 0.6 is 0 Å². The first kappa shape index (κ1) is 10.0. The lowest BCUT2D eigenvalue weighted by atomic mass is 9.94. The molecule has 1 aliphatic heterocycles. The molecule has 0 aromatic heterocycles. The average Bonchev–Trinajstić information content (AvgIpc) is 2.55. The van der Waals surface area contributed by atoms with Gasteiger partial charge in [-0.2, -0.15) is 0 Å². The largest absolute Gasteiger partial charge is 0.393 e. The molecule has 2 nitrogen and oxygen atoms in total. The zero-order chi connectivity index (χ0) is 8.97. The summed E-state index contributed by atoms with van der Waals surface area (Å²) < 4.78 is 0. The molecule has 3 atom stereocenters. The van der Waals surface area contributed by atoms with Gasteiger partial charge in [0.1, 0.15) is 0 Å². The fraction of sp³-hybridized carbons (Fsp3) is 1.00. The highest BCUT2D eigenvalue weighted by molar-refractivity contribution is 4.78. The van der Waals surface area contributed by atoms with Crippen LogP contribution in [0.3, 0.4) is 0 Å². The van der Waals surface area contributed by atoms with Crippen LogP contribution in [0.2, 0.25) is 0 Å². The molecule has 0 amide bonds. The summed E-state index contributed by atoms with van der Waals surface area (Å²) in [5, 5.41) is 13.0. The van der Waals surface area contributed by atoms with Crippen molar-refractivity contribution in [2.75, 3.05) is 6.54 Å². The summed E-state index contributed by atoms with van der Waals surface area (Å²) in [6, 6.07) is 0.668. The maximum atomic E-state index is 9.56. The van der Waals surface area contributed by atoms with Gasteiger partial charge in [0.15, 0.2) is 0 Å². The highest BCUT2D eigenvalue weighted by Gasteiger charge is 2.20. The molecule has 0 bridgehead atoms. The lowest BCUT2D eigenvalue weighted by Crippen LogP contribution is -2.28. The monoisotopic (exact) mass is 171 g/mol. The first-order chi connectivity index (χ1) is 5.74. The number of aliphatic hydroxyl groups is 1. The molecule has 0 aliphatic carbocycles. The Bertz CT molecular complexity index is 121. The Kier molecular flexibility index (Phi) is 4.02. The fourth-order valence-electron chi connectivity index (χ4n) is 1.97. The van der Waals surface area contributed by atoms with Crippen molar-refractivity contribution in [1.82, 2.24) is 5.32 Å². The van der Waals surface area contributed by atoms with Crippen LogP contribution in [0.1, 0.15) is 39.5 Å². The minimum absolute atomic E-state index is 0.104. The van der Waals surface area contributed by atoms with Crippen LogP contribution in [0.5, 0.6) is 0 Å². The third-order valence-electron chi connectivity index (χ3n) is 2.89. The molecule has 1 heterocycles. The molecule has 72 valence electrons. The van der Waals surface area contributed by atoms with Gasteiger partial charge in [-0.15, -0.1) is 0 Å². The first-order valence-electron chi connectivity index (χ1n) is 5.15. The average molecular weight is 171 g/mol. The van der Waals surface area contributed by atoms with Crippen LogP contribution < -0.4 is 5.32 Å². The predicted octanol–water partition coefficient (Wildman–Crippen LogP) is 1.54. The van der Waals surface area contributed by atoms with E-state index in [0.717, 1.165) is 12.8 Å². The van der Waals surface area contributed by atoms with E-state index in [0.29, 0.717) is 12.0 Å². The van der Waals surface area contributed by atoms with E-state index in [-0.39, 0.29) is 6.10 Å². The van der Waals surface area contributed by atoms with Crippen LogP contribution in [0, 0.1) is 5.92 Å². The van der Waals surface area contributed by atoms with Gasteiger partial charge in [-0.1, -0.05) is 13.8 Å². The second-order valence-electron chi connectivity index (χ2n) is 3.98. The van der Waals surface area contributed by atoms with E-state index in [2.05, 4.69) is 12.2 Å². The van der Waals surface area contributed by atoms with Gasteiger partial charge < -0.3 is 10.4 Å². The molecule has 1 fully saturated rings. The van der Waals surface area contributed by atoms with Crippen molar-refractivity contribution in [3.63, 3.8) is 0 Å². The molecule has 1 aliphatic rings. The van der Waals surface area contributed by atoms with E-state index in [1.165, 1.54) is 19.4 Å². The Morgan fingerprint density at radius 3 is 2.83 bits per heavy atom. The van der Waals surface area contributed by atoms with Gasteiger partial charge in [0, 0.05) is 6.04 Å². The van der Waals surface area contributed by atoms with Crippen LogP contribution in [0.15, 0.2) is 0 Å². The molecule has 2 N–H and O–H groups in total. The van der Waals surface area contributed by atoms with E-state index < -0.39 is 0 Å². The second-order valence-corrected chi connectivity index (χ2v) is 3.98. The van der Waals surface area contributed by atoms with Crippen LogP contribution in [-0.2, 0) is 0 Å². The van der Waals surface area contributed by atoms with Crippen LogP contribution in [0.25, 0.3) is 0 Å². The summed E-state index contributed by atoms with van der Waals surface area (Å²) in [7, 11) is 0. The highest BCUT2D eigenvalue weighted by Crippen LogP contribution is 2.18. The maximum absolute atomic E-state index is 9.56. The van der Waals surface area contributed by atoms with Crippen molar-refractivity contribution in [2.24, 2.45) is 5.92 Å². The molecule has 0 spiro atoms. The van der Waals surface area contributed by atoms with Crippen molar-refractivity contribution < 1.29 is 5.11 Å². The van der Waals surface area contributed by atoms with Crippen molar-refractivity contribution in [2.45, 2.75) is 51.7 Å². The summed E-state index contributed by atoms with van der Waals surface area (Å²) in [4.78, 5) is 0. The smallest absolute Gasteiger partial charge is 0.0563 e. The normalized spacial score (nSPS) is 28.8. The molecule has 3 unspecified atom stereocenters.